The lowest BCUT2D eigenvalue weighted by atomic mass is 10.1. The van der Waals surface area contributed by atoms with Crippen molar-refractivity contribution in [3.63, 3.8) is 0 Å². The molecule has 8 aromatic rings. The Balaban J connectivity index is 1.02. The maximum atomic E-state index is 12.6. The SMILES string of the molecule is Cc1c(N)cc(S(=O)(=O)O)c(N=Nc2ccc3c(O)c(N=Nc4ccc(-c5ccc(N=Nc6c(S(=O)(=O)O)cc7cc(N=Nc8c(S(=O)(=O)O)cc(N)c(C)c8N)ccc7c6O)cc5)cc4)c(S(=O)(=O)O)cc3c2)c1N. The van der Waals surface area contributed by atoms with Gasteiger partial charge in [-0.1, -0.05) is 24.3 Å². The van der Waals surface area contributed by atoms with Gasteiger partial charge in [0.15, 0.2) is 11.5 Å². The molecule has 8 rings (SSSR count). The number of nitrogen functional groups attached to an aromatic ring is 4. The molecule has 8 aromatic carbocycles. The third kappa shape index (κ3) is 10.8. The number of anilines is 4. The highest BCUT2D eigenvalue weighted by Crippen LogP contribution is 2.46. The number of benzene rings is 8. The summed E-state index contributed by atoms with van der Waals surface area (Å²) in [6.45, 7) is 2.99. The molecule has 0 unspecified atom stereocenters. The molecule has 0 aliphatic carbocycles. The highest BCUT2D eigenvalue weighted by Gasteiger charge is 2.26. The van der Waals surface area contributed by atoms with Crippen LogP contribution in [-0.2, 0) is 40.5 Å². The third-order valence-corrected chi connectivity index (χ3v) is 15.0. The minimum Gasteiger partial charge on any atom is -0.505 e. The predicted molar refractivity (Wildman–Crippen MR) is 279 cm³/mol. The van der Waals surface area contributed by atoms with E-state index in [2.05, 4.69) is 40.9 Å². The summed E-state index contributed by atoms with van der Waals surface area (Å²) >= 11 is 0. The minimum atomic E-state index is -5.05. The van der Waals surface area contributed by atoms with Crippen molar-refractivity contribution in [1.82, 2.24) is 0 Å². The first-order valence-corrected chi connectivity index (χ1v) is 27.0. The van der Waals surface area contributed by atoms with Gasteiger partial charge >= 0.3 is 0 Å². The van der Waals surface area contributed by atoms with E-state index < -0.39 is 94.3 Å². The number of fused-ring (bicyclic) bond motifs is 2. The number of nitrogens with zero attached hydrogens (tertiary/aromatic N) is 8. The number of aromatic hydroxyl groups is 2. The summed E-state index contributed by atoms with van der Waals surface area (Å²) in [5, 5.41) is 54.3. The molecule has 0 amide bonds. The van der Waals surface area contributed by atoms with E-state index in [0.717, 1.165) is 24.3 Å². The van der Waals surface area contributed by atoms with Crippen molar-refractivity contribution in [3.05, 3.63) is 120 Å². The molecular weight excluding hydrogens is 1070 g/mol. The van der Waals surface area contributed by atoms with Gasteiger partial charge in [-0.25, -0.2) is 0 Å². The van der Waals surface area contributed by atoms with Crippen molar-refractivity contribution in [2.45, 2.75) is 33.4 Å². The van der Waals surface area contributed by atoms with Crippen molar-refractivity contribution in [1.29, 1.82) is 0 Å². The van der Waals surface area contributed by atoms with Crippen molar-refractivity contribution in [3.8, 4) is 22.6 Å². The molecule has 30 heteroatoms. The quantitative estimate of drug-likeness (QED) is 0.0291. The zero-order valence-electron chi connectivity index (χ0n) is 38.9. The van der Waals surface area contributed by atoms with Gasteiger partial charge in [-0.05, 0) is 132 Å². The molecule has 0 aromatic heterocycles. The van der Waals surface area contributed by atoms with Crippen LogP contribution in [0.5, 0.6) is 11.5 Å². The highest BCUT2D eigenvalue weighted by molar-refractivity contribution is 7.86. The standard InChI is InChI=1S/C46H38N12O14S4/c1-21-33(47)19-37(75(67,68)69)41(39(21)49)55-53-29-11-13-31-25(15-29)17-35(73(61,62)63)43(45(31)59)57-51-27-7-3-23(4-8-27)24-5-9-28(10-6-24)52-58-44-36(74(64,65)66)18-26-16-30(12-14-32(26)46(44)60)54-56-42-38(76(70,71)72)20-34(48)22(2)40(42)50/h3-20,59-60H,47-50H2,1-2H3,(H,61,62,63)(H,64,65,66)(H,67,68,69)(H,70,71,72). The van der Waals surface area contributed by atoms with Gasteiger partial charge in [-0.2, -0.15) is 54.1 Å². The molecule has 0 atom stereocenters. The summed E-state index contributed by atoms with van der Waals surface area (Å²) in [5.74, 6) is -1.37. The van der Waals surface area contributed by atoms with Crippen LogP contribution in [0, 0.1) is 13.8 Å². The summed E-state index contributed by atoms with van der Waals surface area (Å²) in [7, 11) is -19.8. The van der Waals surface area contributed by atoms with E-state index in [1.807, 2.05) is 0 Å². The summed E-state index contributed by atoms with van der Waals surface area (Å²) in [4.78, 5) is -3.07. The van der Waals surface area contributed by atoms with Gasteiger partial charge in [0.1, 0.15) is 42.3 Å². The van der Waals surface area contributed by atoms with Gasteiger partial charge < -0.3 is 33.1 Å². The molecule has 0 heterocycles. The second kappa shape index (κ2) is 19.8. The molecule has 0 radical (unpaired) electrons. The lowest BCUT2D eigenvalue weighted by molar-refractivity contribution is 0.471. The molecule has 0 saturated carbocycles. The molecule has 390 valence electrons. The number of hydrogen-bond donors (Lipinski definition) is 10. The lowest BCUT2D eigenvalue weighted by Gasteiger charge is -2.11. The Hall–Kier alpha value is -8.88. The van der Waals surface area contributed by atoms with E-state index in [-0.39, 0.29) is 78.2 Å². The van der Waals surface area contributed by atoms with Gasteiger partial charge in [0.25, 0.3) is 40.5 Å². The maximum absolute atomic E-state index is 12.6. The van der Waals surface area contributed by atoms with E-state index in [0.29, 0.717) is 11.1 Å². The van der Waals surface area contributed by atoms with Gasteiger partial charge in [-0.15, -0.1) is 20.5 Å². The topological polar surface area (TPSA) is 461 Å². The Morgan fingerprint density at radius 3 is 0.947 bits per heavy atom. The van der Waals surface area contributed by atoms with E-state index in [9.17, 15) is 62.1 Å². The van der Waals surface area contributed by atoms with Crippen molar-refractivity contribution < 1.29 is 62.1 Å². The van der Waals surface area contributed by atoms with Crippen molar-refractivity contribution in [2.75, 3.05) is 22.9 Å². The van der Waals surface area contributed by atoms with Gasteiger partial charge in [0, 0.05) is 22.1 Å². The van der Waals surface area contributed by atoms with Crippen LogP contribution in [0.25, 0.3) is 32.7 Å². The Morgan fingerprint density at radius 1 is 0.355 bits per heavy atom. The molecule has 0 aliphatic rings. The van der Waals surface area contributed by atoms with Crippen LogP contribution in [0.3, 0.4) is 0 Å². The van der Waals surface area contributed by atoms with Crippen LogP contribution < -0.4 is 22.9 Å². The molecule has 0 saturated heterocycles. The zero-order chi connectivity index (χ0) is 55.4. The summed E-state index contributed by atoms with van der Waals surface area (Å²) in [5.41, 5.74) is 23.4. The molecule has 0 bridgehead atoms. The molecule has 0 fully saturated rings. The summed E-state index contributed by atoms with van der Waals surface area (Å²) in [6, 6.07) is 24.3. The zero-order valence-corrected chi connectivity index (χ0v) is 42.1. The smallest absolute Gasteiger partial charge is 0.296 e. The summed E-state index contributed by atoms with van der Waals surface area (Å²) in [6.07, 6.45) is 0. The highest BCUT2D eigenvalue weighted by atomic mass is 32.2. The maximum Gasteiger partial charge on any atom is 0.296 e. The van der Waals surface area contributed by atoms with Gasteiger partial charge in [-0.3, -0.25) is 18.2 Å². The normalized spacial score (nSPS) is 12.9. The largest absolute Gasteiger partial charge is 0.505 e. The number of rotatable bonds is 13. The monoisotopic (exact) mass is 1110 g/mol. The molecule has 0 spiro atoms. The Kier molecular flexibility index (Phi) is 13.9. The van der Waals surface area contributed by atoms with Crippen LogP contribution in [-0.4, -0.2) is 62.1 Å². The molecule has 76 heavy (non-hydrogen) atoms. The molecule has 14 N–H and O–H groups in total. The Morgan fingerprint density at radius 2 is 0.632 bits per heavy atom. The molecular formula is C46H38N12O14S4. The minimum absolute atomic E-state index is 0.00938. The second-order valence-corrected chi connectivity index (χ2v) is 22.0. The first-order valence-electron chi connectivity index (χ1n) is 21.2. The van der Waals surface area contributed by atoms with Crippen molar-refractivity contribution >= 4 is 130 Å². The fourth-order valence-corrected chi connectivity index (χ4v) is 10.1. The summed E-state index contributed by atoms with van der Waals surface area (Å²) < 4.78 is 138. The fraction of sp³-hybridized carbons (Fsp3) is 0.0435. The van der Waals surface area contributed by atoms with Gasteiger partial charge in [0.2, 0.25) is 0 Å². The average Bonchev–Trinajstić information content (AvgIpc) is 3.34. The number of hydrogen-bond acceptors (Lipinski definition) is 22. The van der Waals surface area contributed by atoms with E-state index in [1.165, 1.54) is 74.5 Å². The van der Waals surface area contributed by atoms with Crippen molar-refractivity contribution in [2.24, 2.45) is 40.9 Å². The van der Waals surface area contributed by atoms with Gasteiger partial charge in [0.05, 0.1) is 34.1 Å². The molecule has 0 aliphatic heterocycles. The van der Waals surface area contributed by atoms with Crippen LogP contribution >= 0.6 is 0 Å². The predicted octanol–water partition coefficient (Wildman–Crippen LogP) is 10.7. The third-order valence-electron chi connectivity index (χ3n) is 11.5. The Labute approximate surface area is 430 Å². The Bertz CT molecular complexity index is 4090. The van der Waals surface area contributed by atoms with Crippen LogP contribution in [0.1, 0.15) is 11.1 Å². The lowest BCUT2D eigenvalue weighted by Crippen LogP contribution is -2.04. The van der Waals surface area contributed by atoms with E-state index in [4.69, 9.17) is 22.9 Å². The number of phenolic OH excluding ortho intramolecular Hbond substituents is 2. The van der Waals surface area contributed by atoms with Crippen LogP contribution in [0.2, 0.25) is 0 Å². The first kappa shape index (κ1) is 53.4. The number of phenols is 2. The van der Waals surface area contributed by atoms with E-state index in [1.54, 1.807) is 24.3 Å². The van der Waals surface area contributed by atoms with Crippen LogP contribution in [0.4, 0.5) is 68.2 Å². The number of nitrogens with two attached hydrogens (primary N) is 4. The fourth-order valence-electron chi connectivity index (χ4n) is 7.43. The first-order chi connectivity index (χ1) is 35.5. The van der Waals surface area contributed by atoms with E-state index >= 15 is 0 Å². The second-order valence-electron chi connectivity index (χ2n) is 16.5. The van der Waals surface area contributed by atoms with Crippen LogP contribution in [0.15, 0.2) is 170 Å². The molecule has 26 nitrogen and oxygen atoms in total. The average molecular weight is 1110 g/mol. The number of azo groups is 4.